The van der Waals surface area contributed by atoms with Crippen molar-refractivity contribution in [1.29, 1.82) is 0 Å². The molecule has 6 nitrogen and oxygen atoms in total. The number of carbonyl (C=O) groups excluding carboxylic acids is 3. The van der Waals surface area contributed by atoms with E-state index in [1.807, 2.05) is 0 Å². The highest BCUT2D eigenvalue weighted by molar-refractivity contribution is 9.10. The first-order valence-corrected chi connectivity index (χ1v) is 7.35. The molecule has 0 saturated carbocycles. The average molecular weight is 381 g/mol. The molecule has 0 aromatic heterocycles. The minimum Gasteiger partial charge on any atom is -0.503 e. The minimum atomic E-state index is -1.47. The number of methoxy groups -OCH3 is 1. The fourth-order valence-electron chi connectivity index (χ4n) is 2.02. The number of ether oxygens (including phenoxy) is 2. The second kappa shape index (κ2) is 6.78. The van der Waals surface area contributed by atoms with Gasteiger partial charge in [-0.1, -0.05) is 6.08 Å². The number of carbonyl (C=O) groups is 3. The number of phenols is 1. The lowest BCUT2D eigenvalue weighted by Crippen LogP contribution is -2.34. The van der Waals surface area contributed by atoms with Crippen LogP contribution in [-0.4, -0.2) is 29.8 Å². The predicted molar refractivity (Wildman–Crippen MR) is 84.7 cm³/mol. The molecule has 0 amide bonds. The number of halogens is 1. The van der Waals surface area contributed by atoms with Gasteiger partial charge in [-0.25, -0.2) is 0 Å². The summed E-state index contributed by atoms with van der Waals surface area (Å²) in [4.78, 5) is 35.5. The minimum absolute atomic E-state index is 0.0670. The van der Waals surface area contributed by atoms with Gasteiger partial charge >= 0.3 is 5.97 Å². The number of hydrogen-bond donors (Lipinski definition) is 1. The maximum Gasteiger partial charge on any atom is 0.329 e. The van der Waals surface area contributed by atoms with Gasteiger partial charge in [0.2, 0.25) is 0 Å². The van der Waals surface area contributed by atoms with Gasteiger partial charge in [0.05, 0.1) is 11.6 Å². The smallest absolute Gasteiger partial charge is 0.329 e. The van der Waals surface area contributed by atoms with E-state index < -0.39 is 23.5 Å². The standard InChI is InChI=1S/C16H13BrO6/c1-8-5-12(19)14(16(21)23-8)11(18)4-3-9-6-10(17)15(20)13(7-9)22-2/h3-7,14,20H,1-2H3/b4-3+. The van der Waals surface area contributed by atoms with Crippen LogP contribution in [0.5, 0.6) is 11.5 Å². The quantitative estimate of drug-likeness (QED) is 0.490. The second-order valence-electron chi connectivity index (χ2n) is 4.80. The molecule has 2 rings (SSSR count). The predicted octanol–water partition coefficient (Wildman–Crippen LogP) is 2.39. The molecule has 0 fully saturated rings. The summed E-state index contributed by atoms with van der Waals surface area (Å²) in [6.07, 6.45) is 3.66. The Balaban J connectivity index is 2.24. The van der Waals surface area contributed by atoms with Gasteiger partial charge in [-0.15, -0.1) is 0 Å². The summed E-state index contributed by atoms with van der Waals surface area (Å²) in [5.74, 6) is -3.31. The first-order chi connectivity index (χ1) is 10.8. The van der Waals surface area contributed by atoms with Crippen LogP contribution >= 0.6 is 15.9 Å². The highest BCUT2D eigenvalue weighted by Gasteiger charge is 2.36. The summed E-state index contributed by atoms with van der Waals surface area (Å²) in [5.41, 5.74) is 0.545. The Hall–Kier alpha value is -2.41. The van der Waals surface area contributed by atoms with E-state index in [0.29, 0.717) is 10.0 Å². The summed E-state index contributed by atoms with van der Waals surface area (Å²) in [6.45, 7) is 1.46. The molecule has 1 atom stereocenters. The first-order valence-electron chi connectivity index (χ1n) is 6.55. The highest BCUT2D eigenvalue weighted by atomic mass is 79.9. The van der Waals surface area contributed by atoms with Gasteiger partial charge in [0.25, 0.3) is 0 Å². The number of benzene rings is 1. The van der Waals surface area contributed by atoms with E-state index in [9.17, 15) is 19.5 Å². The Bertz CT molecular complexity index is 747. The molecule has 0 radical (unpaired) electrons. The van der Waals surface area contributed by atoms with E-state index in [0.717, 1.165) is 12.2 Å². The molecule has 0 spiro atoms. The van der Waals surface area contributed by atoms with E-state index in [-0.39, 0.29) is 17.3 Å². The van der Waals surface area contributed by atoms with Crippen molar-refractivity contribution in [3.63, 3.8) is 0 Å². The zero-order valence-electron chi connectivity index (χ0n) is 12.3. The van der Waals surface area contributed by atoms with Crippen LogP contribution in [0.3, 0.4) is 0 Å². The number of aromatic hydroxyl groups is 1. The SMILES string of the molecule is COc1cc(/C=C/C(=O)C2C(=O)C=C(C)OC2=O)cc(Br)c1O. The largest absolute Gasteiger partial charge is 0.503 e. The molecule has 0 saturated heterocycles. The fourth-order valence-corrected chi connectivity index (χ4v) is 2.48. The highest BCUT2D eigenvalue weighted by Crippen LogP contribution is 2.35. The third kappa shape index (κ3) is 3.68. The van der Waals surface area contributed by atoms with Crippen molar-refractivity contribution < 1.29 is 29.0 Å². The number of rotatable bonds is 4. The molecule has 1 aliphatic heterocycles. The number of phenolic OH excluding ortho intramolecular Hbond substituents is 1. The number of hydrogen-bond acceptors (Lipinski definition) is 6. The summed E-state index contributed by atoms with van der Waals surface area (Å²) in [6, 6.07) is 3.07. The Morgan fingerprint density at radius 2 is 2.09 bits per heavy atom. The van der Waals surface area contributed by atoms with Crippen LogP contribution in [0.2, 0.25) is 0 Å². The number of esters is 1. The Kier molecular flexibility index (Phi) is 5.00. The molecule has 1 aromatic rings. The summed E-state index contributed by atoms with van der Waals surface area (Å²) < 4.78 is 10.2. The van der Waals surface area contributed by atoms with Crippen LogP contribution in [0.1, 0.15) is 12.5 Å². The molecular weight excluding hydrogens is 368 g/mol. The van der Waals surface area contributed by atoms with Crippen molar-refractivity contribution in [2.45, 2.75) is 6.92 Å². The fraction of sp³-hybridized carbons (Fsp3) is 0.188. The molecule has 1 aromatic carbocycles. The van der Waals surface area contributed by atoms with Gasteiger partial charge in [-0.3, -0.25) is 14.4 Å². The lowest BCUT2D eigenvalue weighted by atomic mass is 9.96. The van der Waals surface area contributed by atoms with Gasteiger partial charge in [-0.2, -0.15) is 0 Å². The van der Waals surface area contributed by atoms with Crippen LogP contribution < -0.4 is 4.74 Å². The molecule has 120 valence electrons. The monoisotopic (exact) mass is 380 g/mol. The molecule has 1 aliphatic rings. The zero-order chi connectivity index (χ0) is 17.1. The van der Waals surface area contributed by atoms with Crippen LogP contribution in [0.4, 0.5) is 0 Å². The van der Waals surface area contributed by atoms with Gasteiger partial charge in [0.15, 0.2) is 29.0 Å². The first kappa shape index (κ1) is 17.0. The molecule has 1 unspecified atom stereocenters. The van der Waals surface area contributed by atoms with Crippen LogP contribution in [0.15, 0.2) is 34.5 Å². The third-order valence-corrected chi connectivity index (χ3v) is 3.73. The number of allylic oxidation sites excluding steroid dienone is 3. The maximum absolute atomic E-state index is 12.1. The molecule has 0 bridgehead atoms. The van der Waals surface area contributed by atoms with Gasteiger partial charge < -0.3 is 14.6 Å². The summed E-state index contributed by atoms with van der Waals surface area (Å²) in [5, 5.41) is 9.72. The van der Waals surface area contributed by atoms with Crippen molar-refractivity contribution in [2.24, 2.45) is 5.92 Å². The average Bonchev–Trinajstić information content (AvgIpc) is 2.47. The van der Waals surface area contributed by atoms with Crippen LogP contribution in [0, 0.1) is 5.92 Å². The van der Waals surface area contributed by atoms with E-state index in [1.165, 1.54) is 26.2 Å². The zero-order valence-corrected chi connectivity index (χ0v) is 13.9. The van der Waals surface area contributed by atoms with E-state index in [2.05, 4.69) is 15.9 Å². The maximum atomic E-state index is 12.1. The summed E-state index contributed by atoms with van der Waals surface area (Å²) in [7, 11) is 1.39. The van der Waals surface area contributed by atoms with E-state index >= 15 is 0 Å². The molecule has 1 heterocycles. The third-order valence-electron chi connectivity index (χ3n) is 3.12. The van der Waals surface area contributed by atoms with Gasteiger partial charge in [0, 0.05) is 6.08 Å². The van der Waals surface area contributed by atoms with Crippen molar-refractivity contribution in [1.82, 2.24) is 0 Å². The lowest BCUT2D eigenvalue weighted by molar-refractivity contribution is -0.151. The normalized spacial score (nSPS) is 17.9. The van der Waals surface area contributed by atoms with E-state index in [1.54, 1.807) is 6.07 Å². The van der Waals surface area contributed by atoms with Crippen molar-refractivity contribution in [2.75, 3.05) is 7.11 Å². The topological polar surface area (TPSA) is 89.9 Å². The van der Waals surface area contributed by atoms with Crippen molar-refractivity contribution in [3.8, 4) is 11.5 Å². The Morgan fingerprint density at radius 3 is 2.70 bits per heavy atom. The van der Waals surface area contributed by atoms with Crippen LogP contribution in [0.25, 0.3) is 6.08 Å². The number of cyclic esters (lactones) is 1. The molecule has 23 heavy (non-hydrogen) atoms. The van der Waals surface area contributed by atoms with Crippen LogP contribution in [-0.2, 0) is 19.1 Å². The number of ketones is 2. The molecular formula is C16H13BrO6. The second-order valence-corrected chi connectivity index (χ2v) is 5.66. The Labute approximate surface area is 140 Å². The van der Waals surface area contributed by atoms with Crippen molar-refractivity contribution >= 4 is 39.5 Å². The molecule has 0 aliphatic carbocycles. The van der Waals surface area contributed by atoms with E-state index in [4.69, 9.17) is 9.47 Å². The van der Waals surface area contributed by atoms with Gasteiger partial charge in [0.1, 0.15) is 5.76 Å². The van der Waals surface area contributed by atoms with Crippen molar-refractivity contribution in [3.05, 3.63) is 40.1 Å². The summed E-state index contributed by atoms with van der Waals surface area (Å²) >= 11 is 3.16. The molecule has 1 N–H and O–H groups in total. The van der Waals surface area contributed by atoms with Gasteiger partial charge in [-0.05, 0) is 46.6 Å². The lowest BCUT2D eigenvalue weighted by Gasteiger charge is -2.15. The molecule has 7 heteroatoms. The Morgan fingerprint density at radius 1 is 1.39 bits per heavy atom.